The lowest BCUT2D eigenvalue weighted by Crippen LogP contribution is -2.23. The van der Waals surface area contributed by atoms with E-state index in [2.05, 4.69) is 31.2 Å². The van der Waals surface area contributed by atoms with E-state index < -0.39 is 0 Å². The Morgan fingerprint density at radius 2 is 1.84 bits per heavy atom. The van der Waals surface area contributed by atoms with Crippen molar-refractivity contribution in [3.63, 3.8) is 0 Å². The van der Waals surface area contributed by atoms with Crippen LogP contribution in [0.5, 0.6) is 11.5 Å². The molecule has 4 aromatic rings. The maximum Gasteiger partial charge on any atom is 0.235 e. The average Bonchev–Trinajstić information content (AvgIpc) is 3.22. The van der Waals surface area contributed by atoms with Crippen molar-refractivity contribution in [2.75, 3.05) is 6.61 Å². The van der Waals surface area contributed by atoms with E-state index in [0.29, 0.717) is 18.2 Å². The van der Waals surface area contributed by atoms with Gasteiger partial charge in [0, 0.05) is 10.0 Å². The molecule has 0 saturated carbocycles. The molecular formula is C17H11BrN4O2S. The molecule has 0 unspecified atom stereocenters. The number of rotatable bonds is 2. The van der Waals surface area contributed by atoms with Gasteiger partial charge in [-0.3, -0.25) is 0 Å². The summed E-state index contributed by atoms with van der Waals surface area (Å²) in [5.74, 6) is 2.09. The first-order valence-electron chi connectivity index (χ1n) is 7.65. The Bertz CT molecular complexity index is 1080. The number of ether oxygens (including phenoxy) is 2. The van der Waals surface area contributed by atoms with Crippen molar-refractivity contribution < 1.29 is 9.47 Å². The molecule has 0 aliphatic carbocycles. The minimum Gasteiger partial charge on any atom is -0.485 e. The Balaban J connectivity index is 1.54. The van der Waals surface area contributed by atoms with E-state index in [1.165, 1.54) is 11.3 Å². The second kappa shape index (κ2) is 5.82. The number of nitrogens with zero attached hydrogens (tertiary/aromatic N) is 4. The molecule has 5 rings (SSSR count). The van der Waals surface area contributed by atoms with Crippen molar-refractivity contribution in [2.24, 2.45) is 0 Å². The van der Waals surface area contributed by atoms with E-state index >= 15 is 0 Å². The summed E-state index contributed by atoms with van der Waals surface area (Å²) in [6.07, 6.45) is -0.348. The Kier molecular flexibility index (Phi) is 3.46. The van der Waals surface area contributed by atoms with E-state index in [4.69, 9.17) is 9.47 Å². The number of para-hydroxylation sites is 2. The zero-order chi connectivity index (χ0) is 16.8. The molecule has 0 saturated heterocycles. The maximum absolute atomic E-state index is 6.03. The molecular weight excluding hydrogens is 404 g/mol. The second-order valence-corrected chi connectivity index (χ2v) is 7.31. The normalized spacial score (nSPS) is 16.3. The fourth-order valence-electron chi connectivity index (χ4n) is 2.72. The van der Waals surface area contributed by atoms with Crippen LogP contribution in [-0.4, -0.2) is 26.4 Å². The van der Waals surface area contributed by atoms with Crippen LogP contribution in [0.2, 0.25) is 0 Å². The van der Waals surface area contributed by atoms with Crippen molar-refractivity contribution in [3.05, 3.63) is 58.8 Å². The number of hydrogen-bond acceptors (Lipinski definition) is 6. The summed E-state index contributed by atoms with van der Waals surface area (Å²) in [7, 11) is 0. The van der Waals surface area contributed by atoms with Gasteiger partial charge in [-0.1, -0.05) is 57.6 Å². The molecule has 8 heteroatoms. The van der Waals surface area contributed by atoms with E-state index in [1.54, 1.807) is 4.52 Å². The molecule has 0 spiro atoms. The van der Waals surface area contributed by atoms with Crippen LogP contribution in [0.25, 0.3) is 15.5 Å². The zero-order valence-corrected chi connectivity index (χ0v) is 15.2. The number of aromatic nitrogens is 4. The summed E-state index contributed by atoms with van der Waals surface area (Å²) < 4.78 is 14.5. The van der Waals surface area contributed by atoms with Crippen LogP contribution >= 0.6 is 27.3 Å². The van der Waals surface area contributed by atoms with Crippen molar-refractivity contribution >= 4 is 32.2 Å². The molecule has 1 aliphatic rings. The Morgan fingerprint density at radius 1 is 1.04 bits per heavy atom. The van der Waals surface area contributed by atoms with E-state index in [1.807, 2.05) is 48.5 Å². The summed E-state index contributed by atoms with van der Waals surface area (Å²) >= 11 is 5.06. The molecule has 124 valence electrons. The highest BCUT2D eigenvalue weighted by Gasteiger charge is 2.28. The van der Waals surface area contributed by atoms with Gasteiger partial charge in [-0.15, -0.1) is 10.2 Å². The first kappa shape index (κ1) is 14.9. The van der Waals surface area contributed by atoms with Crippen LogP contribution in [-0.2, 0) is 0 Å². The standard InChI is InChI=1S/C17H11BrN4O2S/c18-11-6-2-1-5-10(11)16-21-22-15(19-20-17(22)25-16)14-9-23-12-7-3-4-8-13(12)24-14/h1-8,14H,9H2/t14-/m1/s1. The number of hydrogen-bond donors (Lipinski definition) is 0. The minimum absolute atomic E-state index is 0.348. The van der Waals surface area contributed by atoms with Gasteiger partial charge in [0.05, 0.1) is 0 Å². The van der Waals surface area contributed by atoms with Crippen molar-refractivity contribution in [2.45, 2.75) is 6.10 Å². The molecule has 25 heavy (non-hydrogen) atoms. The fourth-order valence-corrected chi connectivity index (χ4v) is 4.21. The summed E-state index contributed by atoms with van der Waals surface area (Å²) in [5.41, 5.74) is 1.02. The predicted octanol–water partition coefficient (Wildman–Crippen LogP) is 4.13. The number of benzene rings is 2. The Hall–Kier alpha value is -2.45. The summed E-state index contributed by atoms with van der Waals surface area (Å²) in [6.45, 7) is 0.375. The highest BCUT2D eigenvalue weighted by atomic mass is 79.9. The van der Waals surface area contributed by atoms with Crippen LogP contribution < -0.4 is 9.47 Å². The summed E-state index contributed by atoms with van der Waals surface area (Å²) in [4.78, 5) is 0.725. The lowest BCUT2D eigenvalue weighted by atomic mass is 10.2. The van der Waals surface area contributed by atoms with E-state index in [-0.39, 0.29) is 6.10 Å². The van der Waals surface area contributed by atoms with Gasteiger partial charge in [0.15, 0.2) is 23.4 Å². The first-order valence-corrected chi connectivity index (χ1v) is 9.26. The number of fused-ring (bicyclic) bond motifs is 2. The van der Waals surface area contributed by atoms with Gasteiger partial charge in [-0.05, 0) is 18.2 Å². The van der Waals surface area contributed by atoms with E-state index in [9.17, 15) is 0 Å². The third-order valence-corrected chi connectivity index (χ3v) is 5.54. The van der Waals surface area contributed by atoms with Gasteiger partial charge in [0.25, 0.3) is 0 Å². The van der Waals surface area contributed by atoms with E-state index in [0.717, 1.165) is 25.8 Å². The largest absolute Gasteiger partial charge is 0.485 e. The van der Waals surface area contributed by atoms with Crippen molar-refractivity contribution in [1.29, 1.82) is 0 Å². The van der Waals surface area contributed by atoms with Crippen LogP contribution in [0.4, 0.5) is 0 Å². The van der Waals surface area contributed by atoms with Crippen LogP contribution in [0.15, 0.2) is 53.0 Å². The van der Waals surface area contributed by atoms with Crippen molar-refractivity contribution in [3.8, 4) is 22.1 Å². The fraction of sp³-hybridized carbons (Fsp3) is 0.118. The average molecular weight is 415 g/mol. The van der Waals surface area contributed by atoms with Gasteiger partial charge < -0.3 is 9.47 Å². The quantitative estimate of drug-likeness (QED) is 0.493. The molecule has 3 heterocycles. The zero-order valence-electron chi connectivity index (χ0n) is 12.8. The van der Waals surface area contributed by atoms with Gasteiger partial charge >= 0.3 is 0 Å². The monoisotopic (exact) mass is 414 g/mol. The van der Waals surface area contributed by atoms with Crippen molar-refractivity contribution in [1.82, 2.24) is 19.8 Å². The van der Waals surface area contributed by atoms with Gasteiger partial charge in [0.1, 0.15) is 11.6 Å². The highest BCUT2D eigenvalue weighted by Crippen LogP contribution is 2.36. The molecule has 0 N–H and O–H groups in total. The molecule has 0 radical (unpaired) electrons. The highest BCUT2D eigenvalue weighted by molar-refractivity contribution is 9.10. The molecule has 2 aromatic heterocycles. The molecule has 2 aromatic carbocycles. The van der Waals surface area contributed by atoms with Crippen LogP contribution in [0.1, 0.15) is 11.9 Å². The smallest absolute Gasteiger partial charge is 0.235 e. The molecule has 0 amide bonds. The topological polar surface area (TPSA) is 61.5 Å². The third kappa shape index (κ3) is 2.49. The Morgan fingerprint density at radius 3 is 2.72 bits per heavy atom. The molecule has 1 atom stereocenters. The van der Waals surface area contributed by atoms with Gasteiger partial charge in [-0.25, -0.2) is 0 Å². The number of halogens is 1. The summed E-state index contributed by atoms with van der Waals surface area (Å²) in [5, 5.41) is 14.0. The molecule has 0 fully saturated rings. The first-order chi connectivity index (χ1) is 12.3. The molecule has 1 aliphatic heterocycles. The predicted molar refractivity (Wildman–Crippen MR) is 97.1 cm³/mol. The summed E-state index contributed by atoms with van der Waals surface area (Å²) in [6, 6.07) is 15.6. The van der Waals surface area contributed by atoms with Crippen LogP contribution in [0.3, 0.4) is 0 Å². The van der Waals surface area contributed by atoms with Gasteiger partial charge in [0.2, 0.25) is 4.96 Å². The molecule has 0 bridgehead atoms. The van der Waals surface area contributed by atoms with Gasteiger partial charge in [-0.2, -0.15) is 9.61 Å². The lowest BCUT2D eigenvalue weighted by Gasteiger charge is -2.24. The third-order valence-electron chi connectivity index (χ3n) is 3.92. The molecule has 6 nitrogen and oxygen atoms in total. The Labute approximate surface area is 155 Å². The lowest BCUT2D eigenvalue weighted by molar-refractivity contribution is 0.0836. The minimum atomic E-state index is -0.348. The second-order valence-electron chi connectivity index (χ2n) is 5.50. The van der Waals surface area contributed by atoms with Crippen LogP contribution in [0, 0.1) is 0 Å². The SMILES string of the molecule is Brc1ccccc1-c1nn2c([C@H]3COc4ccccc4O3)nnc2s1. The maximum atomic E-state index is 6.03.